The summed E-state index contributed by atoms with van der Waals surface area (Å²) >= 11 is 0. The molecule has 0 aliphatic heterocycles. The molecule has 1 rings (SSSR count). The molecule has 1 aliphatic carbocycles. The van der Waals surface area contributed by atoms with Crippen LogP contribution in [0.15, 0.2) is 0 Å². The van der Waals surface area contributed by atoms with Gasteiger partial charge in [0.25, 0.3) is 0 Å². The second kappa shape index (κ2) is 5.13. The largest absolute Gasteiger partial charge is 0.318 e. The fourth-order valence-electron chi connectivity index (χ4n) is 2.27. The molecular formula is C12H26N2. The molecule has 84 valence electrons. The van der Waals surface area contributed by atoms with Gasteiger partial charge in [0.1, 0.15) is 0 Å². The van der Waals surface area contributed by atoms with E-state index in [2.05, 4.69) is 38.0 Å². The Labute approximate surface area is 89.1 Å². The normalized spacial score (nSPS) is 21.6. The van der Waals surface area contributed by atoms with E-state index in [0.29, 0.717) is 6.04 Å². The summed E-state index contributed by atoms with van der Waals surface area (Å²) in [6.45, 7) is 8.12. The van der Waals surface area contributed by atoms with Gasteiger partial charge in [0, 0.05) is 18.6 Å². The summed E-state index contributed by atoms with van der Waals surface area (Å²) in [7, 11) is 4.33. The topological polar surface area (TPSA) is 15.3 Å². The Balaban J connectivity index is 2.47. The molecule has 1 N–H and O–H groups in total. The van der Waals surface area contributed by atoms with E-state index in [0.717, 1.165) is 24.4 Å². The molecule has 0 bridgehead atoms. The lowest BCUT2D eigenvalue weighted by molar-refractivity contribution is 0.130. The molecule has 0 heterocycles. The molecule has 1 saturated carbocycles. The zero-order chi connectivity index (χ0) is 10.7. The number of nitrogens with zero attached hydrogens (tertiary/aromatic N) is 1. The summed E-state index contributed by atoms with van der Waals surface area (Å²) in [6, 6.07) is 1.44. The van der Waals surface area contributed by atoms with Crippen LogP contribution < -0.4 is 5.32 Å². The van der Waals surface area contributed by atoms with Crippen LogP contribution in [0.4, 0.5) is 0 Å². The molecule has 14 heavy (non-hydrogen) atoms. The average Bonchev–Trinajstić information content (AvgIpc) is 2.94. The second-order valence-electron chi connectivity index (χ2n) is 5.11. The first-order chi connectivity index (χ1) is 6.57. The predicted molar refractivity (Wildman–Crippen MR) is 62.5 cm³/mol. The van der Waals surface area contributed by atoms with Gasteiger partial charge in [-0.2, -0.15) is 0 Å². The van der Waals surface area contributed by atoms with Gasteiger partial charge in [-0.3, -0.25) is 4.90 Å². The molecule has 0 aromatic heterocycles. The summed E-state index contributed by atoms with van der Waals surface area (Å²) < 4.78 is 0. The highest BCUT2D eigenvalue weighted by atomic mass is 15.2. The first-order valence-electron chi connectivity index (χ1n) is 5.94. The minimum atomic E-state index is 0.676. The maximum absolute atomic E-state index is 3.30. The lowest BCUT2D eigenvalue weighted by atomic mass is 10.0. The Morgan fingerprint density at radius 1 is 1.29 bits per heavy atom. The van der Waals surface area contributed by atoms with Crippen molar-refractivity contribution in [1.82, 2.24) is 10.2 Å². The van der Waals surface area contributed by atoms with Crippen molar-refractivity contribution in [2.24, 2.45) is 11.8 Å². The van der Waals surface area contributed by atoms with Crippen molar-refractivity contribution in [1.29, 1.82) is 0 Å². The quantitative estimate of drug-likeness (QED) is 0.702. The highest BCUT2D eigenvalue weighted by molar-refractivity contribution is 4.88. The van der Waals surface area contributed by atoms with E-state index in [-0.39, 0.29) is 0 Å². The van der Waals surface area contributed by atoms with Crippen LogP contribution in [-0.2, 0) is 0 Å². The number of hydrogen-bond acceptors (Lipinski definition) is 2. The molecule has 1 fully saturated rings. The Bertz CT molecular complexity index is 164. The first-order valence-corrected chi connectivity index (χ1v) is 5.94. The number of hydrogen-bond donors (Lipinski definition) is 1. The smallest absolute Gasteiger partial charge is 0.0243 e. The summed E-state index contributed by atoms with van der Waals surface area (Å²) in [6.07, 6.45) is 2.88. The minimum absolute atomic E-state index is 0.676. The van der Waals surface area contributed by atoms with Crippen molar-refractivity contribution in [2.75, 3.05) is 20.6 Å². The van der Waals surface area contributed by atoms with Crippen LogP contribution in [0.5, 0.6) is 0 Å². The Morgan fingerprint density at radius 2 is 1.86 bits per heavy atom. The standard InChI is InChI=1S/C12H26N2/c1-9(2)12(8-13-4)14(5)10(3)11-6-7-11/h9-13H,6-8H2,1-5H3. The van der Waals surface area contributed by atoms with E-state index in [1.165, 1.54) is 12.8 Å². The Morgan fingerprint density at radius 3 is 2.21 bits per heavy atom. The Kier molecular flexibility index (Phi) is 4.39. The molecule has 0 spiro atoms. The molecule has 0 aromatic rings. The molecule has 0 saturated heterocycles. The van der Waals surface area contributed by atoms with E-state index in [4.69, 9.17) is 0 Å². The van der Waals surface area contributed by atoms with Gasteiger partial charge in [0.05, 0.1) is 0 Å². The molecule has 0 radical (unpaired) electrons. The maximum Gasteiger partial charge on any atom is 0.0243 e. The Hall–Kier alpha value is -0.0800. The van der Waals surface area contributed by atoms with Gasteiger partial charge in [-0.05, 0) is 45.7 Å². The van der Waals surface area contributed by atoms with E-state index in [9.17, 15) is 0 Å². The van der Waals surface area contributed by atoms with Crippen LogP contribution in [0.3, 0.4) is 0 Å². The first kappa shape index (κ1) is 12.0. The third-order valence-corrected chi connectivity index (χ3v) is 3.65. The van der Waals surface area contributed by atoms with Gasteiger partial charge in [-0.15, -0.1) is 0 Å². The van der Waals surface area contributed by atoms with Gasteiger partial charge in [-0.1, -0.05) is 13.8 Å². The molecule has 0 aromatic carbocycles. The molecule has 2 heteroatoms. The predicted octanol–water partition coefficient (Wildman–Crippen LogP) is 1.96. The summed E-state index contributed by atoms with van der Waals surface area (Å²) in [5, 5.41) is 3.30. The van der Waals surface area contributed by atoms with Crippen molar-refractivity contribution < 1.29 is 0 Å². The van der Waals surface area contributed by atoms with Crippen molar-refractivity contribution >= 4 is 0 Å². The third kappa shape index (κ3) is 2.96. The second-order valence-corrected chi connectivity index (χ2v) is 5.11. The van der Waals surface area contributed by atoms with E-state index in [1.54, 1.807) is 0 Å². The lowest BCUT2D eigenvalue weighted by Gasteiger charge is -2.36. The van der Waals surface area contributed by atoms with Gasteiger partial charge in [0.15, 0.2) is 0 Å². The highest BCUT2D eigenvalue weighted by Crippen LogP contribution is 2.35. The molecule has 1 aliphatic rings. The SMILES string of the molecule is CNCC(C(C)C)N(C)C(C)C1CC1. The van der Waals surface area contributed by atoms with Gasteiger partial charge >= 0.3 is 0 Å². The van der Waals surface area contributed by atoms with E-state index >= 15 is 0 Å². The molecular weight excluding hydrogens is 172 g/mol. The maximum atomic E-state index is 3.30. The van der Waals surface area contributed by atoms with Crippen molar-refractivity contribution in [3.63, 3.8) is 0 Å². The fraction of sp³-hybridized carbons (Fsp3) is 1.00. The van der Waals surface area contributed by atoms with E-state index in [1.807, 2.05) is 7.05 Å². The molecule has 2 unspecified atom stereocenters. The van der Waals surface area contributed by atoms with E-state index < -0.39 is 0 Å². The fourth-order valence-corrected chi connectivity index (χ4v) is 2.27. The van der Waals surface area contributed by atoms with Crippen LogP contribution >= 0.6 is 0 Å². The summed E-state index contributed by atoms with van der Waals surface area (Å²) in [5.74, 6) is 1.70. The van der Waals surface area contributed by atoms with Crippen LogP contribution in [0, 0.1) is 11.8 Å². The zero-order valence-electron chi connectivity index (χ0n) is 10.4. The van der Waals surface area contributed by atoms with Crippen LogP contribution in [0.1, 0.15) is 33.6 Å². The van der Waals surface area contributed by atoms with Gasteiger partial charge < -0.3 is 5.32 Å². The number of likely N-dealkylation sites (N-methyl/N-ethyl adjacent to an activating group) is 2. The summed E-state index contributed by atoms with van der Waals surface area (Å²) in [5.41, 5.74) is 0. The summed E-state index contributed by atoms with van der Waals surface area (Å²) in [4.78, 5) is 2.57. The van der Waals surface area contributed by atoms with Crippen LogP contribution in [0.2, 0.25) is 0 Å². The van der Waals surface area contributed by atoms with Crippen LogP contribution in [0.25, 0.3) is 0 Å². The monoisotopic (exact) mass is 198 g/mol. The molecule has 2 atom stereocenters. The minimum Gasteiger partial charge on any atom is -0.318 e. The van der Waals surface area contributed by atoms with Crippen molar-refractivity contribution in [3.8, 4) is 0 Å². The number of nitrogens with one attached hydrogen (secondary N) is 1. The number of rotatable bonds is 6. The van der Waals surface area contributed by atoms with Crippen molar-refractivity contribution in [2.45, 2.75) is 45.7 Å². The average molecular weight is 198 g/mol. The highest BCUT2D eigenvalue weighted by Gasteiger charge is 2.33. The van der Waals surface area contributed by atoms with Crippen molar-refractivity contribution in [3.05, 3.63) is 0 Å². The van der Waals surface area contributed by atoms with Crippen LogP contribution in [-0.4, -0.2) is 37.6 Å². The molecule has 2 nitrogen and oxygen atoms in total. The van der Waals surface area contributed by atoms with Gasteiger partial charge in [-0.25, -0.2) is 0 Å². The third-order valence-electron chi connectivity index (χ3n) is 3.65. The lowest BCUT2D eigenvalue weighted by Crippen LogP contribution is -2.47. The molecule has 0 amide bonds. The zero-order valence-corrected chi connectivity index (χ0v) is 10.4. The van der Waals surface area contributed by atoms with Gasteiger partial charge in [0.2, 0.25) is 0 Å².